The quantitative estimate of drug-likeness (QED) is 0.817. The van der Waals surface area contributed by atoms with E-state index in [2.05, 4.69) is 6.07 Å². The molecule has 0 unspecified atom stereocenters. The van der Waals surface area contributed by atoms with Crippen LogP contribution in [0.2, 0.25) is 0 Å². The van der Waals surface area contributed by atoms with Gasteiger partial charge in [-0.2, -0.15) is 5.26 Å². The predicted octanol–water partition coefficient (Wildman–Crippen LogP) is 2.33. The van der Waals surface area contributed by atoms with Crippen LogP contribution in [0, 0.1) is 11.3 Å². The molecular weight excluding hydrogens is 342 g/mol. The van der Waals surface area contributed by atoms with E-state index < -0.39 is 6.04 Å². The van der Waals surface area contributed by atoms with Gasteiger partial charge in [-0.1, -0.05) is 24.3 Å². The van der Waals surface area contributed by atoms with Gasteiger partial charge in [0.05, 0.1) is 18.7 Å². The second-order valence-electron chi connectivity index (χ2n) is 6.55. The molecule has 2 aromatic rings. The molecule has 6 heteroatoms. The van der Waals surface area contributed by atoms with Crippen molar-refractivity contribution in [2.24, 2.45) is 0 Å². The lowest BCUT2D eigenvalue weighted by atomic mass is 10.1. The fraction of sp³-hybridized carbons (Fsp3) is 0.286. The molecule has 3 rings (SSSR count). The van der Waals surface area contributed by atoms with E-state index in [0.717, 1.165) is 16.9 Å². The second kappa shape index (κ2) is 7.92. The smallest absolute Gasteiger partial charge is 0.245 e. The standard InChI is InChI=1S/C21H21N3O3/c1-15-21(26)23(12-17-7-9-19(27-2)10-8-17)14-20(25)24(15)13-18-5-3-16(11-22)4-6-18/h3-10,15H,12-14H2,1-2H3/t15-/m0/s1. The molecule has 0 saturated carbocycles. The van der Waals surface area contributed by atoms with E-state index in [1.54, 1.807) is 36.0 Å². The van der Waals surface area contributed by atoms with Crippen LogP contribution < -0.4 is 4.74 Å². The molecule has 27 heavy (non-hydrogen) atoms. The molecule has 0 aliphatic carbocycles. The number of benzene rings is 2. The molecular formula is C21H21N3O3. The van der Waals surface area contributed by atoms with E-state index in [-0.39, 0.29) is 18.4 Å². The fourth-order valence-electron chi connectivity index (χ4n) is 3.14. The van der Waals surface area contributed by atoms with Gasteiger partial charge in [0, 0.05) is 13.1 Å². The highest BCUT2D eigenvalue weighted by Gasteiger charge is 2.36. The average molecular weight is 363 g/mol. The molecule has 0 bridgehead atoms. The Hall–Kier alpha value is -3.33. The first-order valence-electron chi connectivity index (χ1n) is 8.72. The van der Waals surface area contributed by atoms with Gasteiger partial charge in [0.1, 0.15) is 18.3 Å². The maximum absolute atomic E-state index is 12.8. The van der Waals surface area contributed by atoms with Gasteiger partial charge in [-0.05, 0) is 42.3 Å². The van der Waals surface area contributed by atoms with Crippen LogP contribution in [0.3, 0.4) is 0 Å². The van der Waals surface area contributed by atoms with Gasteiger partial charge in [-0.15, -0.1) is 0 Å². The Morgan fingerprint density at radius 1 is 1.04 bits per heavy atom. The van der Waals surface area contributed by atoms with Crippen molar-refractivity contribution in [1.29, 1.82) is 5.26 Å². The highest BCUT2D eigenvalue weighted by atomic mass is 16.5. The van der Waals surface area contributed by atoms with Crippen molar-refractivity contribution >= 4 is 11.8 Å². The summed E-state index contributed by atoms with van der Waals surface area (Å²) in [6.45, 7) is 2.56. The summed E-state index contributed by atoms with van der Waals surface area (Å²) in [7, 11) is 1.60. The Morgan fingerprint density at radius 2 is 1.63 bits per heavy atom. The molecule has 1 fully saturated rings. The number of carbonyl (C=O) groups is 2. The zero-order valence-corrected chi connectivity index (χ0v) is 15.4. The third kappa shape index (κ3) is 4.09. The molecule has 138 valence electrons. The van der Waals surface area contributed by atoms with Gasteiger partial charge < -0.3 is 14.5 Å². The largest absolute Gasteiger partial charge is 0.497 e. The molecule has 1 heterocycles. The van der Waals surface area contributed by atoms with E-state index in [1.807, 2.05) is 36.4 Å². The summed E-state index contributed by atoms with van der Waals surface area (Å²) in [5.74, 6) is 0.598. The van der Waals surface area contributed by atoms with Crippen LogP contribution in [0.5, 0.6) is 5.75 Å². The molecule has 0 spiro atoms. The molecule has 6 nitrogen and oxygen atoms in total. The second-order valence-corrected chi connectivity index (χ2v) is 6.55. The maximum Gasteiger partial charge on any atom is 0.245 e. The molecule has 1 atom stereocenters. The highest BCUT2D eigenvalue weighted by molar-refractivity contribution is 5.94. The lowest BCUT2D eigenvalue weighted by molar-refractivity contribution is -0.156. The highest BCUT2D eigenvalue weighted by Crippen LogP contribution is 2.20. The van der Waals surface area contributed by atoms with Gasteiger partial charge in [0.25, 0.3) is 0 Å². The van der Waals surface area contributed by atoms with Crippen molar-refractivity contribution < 1.29 is 14.3 Å². The normalized spacial score (nSPS) is 17.0. The van der Waals surface area contributed by atoms with Crippen LogP contribution in [0.25, 0.3) is 0 Å². The van der Waals surface area contributed by atoms with Crippen LogP contribution in [0.1, 0.15) is 23.6 Å². The van der Waals surface area contributed by atoms with Crippen LogP contribution in [-0.4, -0.2) is 41.3 Å². The molecule has 0 N–H and O–H groups in total. The number of hydrogen-bond donors (Lipinski definition) is 0. The zero-order chi connectivity index (χ0) is 19.4. The zero-order valence-electron chi connectivity index (χ0n) is 15.4. The molecule has 0 aromatic heterocycles. The number of ether oxygens (including phenoxy) is 1. The first-order chi connectivity index (χ1) is 13.0. The number of methoxy groups -OCH3 is 1. The monoisotopic (exact) mass is 363 g/mol. The van der Waals surface area contributed by atoms with Crippen molar-refractivity contribution in [2.45, 2.75) is 26.1 Å². The third-order valence-corrected chi connectivity index (χ3v) is 4.75. The Bertz CT molecular complexity index is 869. The van der Waals surface area contributed by atoms with Crippen LogP contribution in [0.15, 0.2) is 48.5 Å². The summed E-state index contributed by atoms with van der Waals surface area (Å²) < 4.78 is 5.14. The van der Waals surface area contributed by atoms with Crippen LogP contribution >= 0.6 is 0 Å². The number of rotatable bonds is 5. The van der Waals surface area contributed by atoms with Gasteiger partial charge >= 0.3 is 0 Å². The minimum absolute atomic E-state index is 0.0610. The number of carbonyl (C=O) groups excluding carboxylic acids is 2. The Labute approximate surface area is 158 Å². The lowest BCUT2D eigenvalue weighted by Crippen LogP contribution is -2.57. The topological polar surface area (TPSA) is 73.6 Å². The summed E-state index contributed by atoms with van der Waals surface area (Å²) in [4.78, 5) is 28.6. The summed E-state index contributed by atoms with van der Waals surface area (Å²) in [5.41, 5.74) is 2.41. The van der Waals surface area contributed by atoms with E-state index in [0.29, 0.717) is 18.7 Å². The molecule has 1 saturated heterocycles. The Balaban J connectivity index is 1.68. The van der Waals surface area contributed by atoms with Crippen molar-refractivity contribution in [1.82, 2.24) is 9.80 Å². The number of amides is 2. The Morgan fingerprint density at radius 3 is 2.22 bits per heavy atom. The summed E-state index contributed by atoms with van der Waals surface area (Å²) in [6, 6.07) is 16.1. The van der Waals surface area contributed by atoms with Crippen molar-refractivity contribution in [3.05, 3.63) is 65.2 Å². The maximum atomic E-state index is 12.8. The van der Waals surface area contributed by atoms with E-state index >= 15 is 0 Å². The minimum Gasteiger partial charge on any atom is -0.497 e. The molecule has 1 aliphatic rings. The van der Waals surface area contributed by atoms with Gasteiger partial charge in [0.15, 0.2) is 0 Å². The van der Waals surface area contributed by atoms with Gasteiger partial charge in [0.2, 0.25) is 11.8 Å². The summed E-state index contributed by atoms with van der Waals surface area (Å²) >= 11 is 0. The first-order valence-corrected chi connectivity index (χ1v) is 8.72. The van der Waals surface area contributed by atoms with Crippen molar-refractivity contribution in [3.63, 3.8) is 0 Å². The average Bonchev–Trinajstić information content (AvgIpc) is 2.70. The number of piperazine rings is 1. The number of nitriles is 1. The van der Waals surface area contributed by atoms with Crippen LogP contribution in [-0.2, 0) is 22.7 Å². The minimum atomic E-state index is -0.528. The molecule has 1 aliphatic heterocycles. The summed E-state index contributed by atoms with van der Waals surface area (Å²) in [5, 5.41) is 8.88. The lowest BCUT2D eigenvalue weighted by Gasteiger charge is -2.38. The predicted molar refractivity (Wildman–Crippen MR) is 99.6 cm³/mol. The van der Waals surface area contributed by atoms with Crippen molar-refractivity contribution in [3.8, 4) is 11.8 Å². The first kappa shape index (κ1) is 18.5. The third-order valence-electron chi connectivity index (χ3n) is 4.75. The molecule has 2 aromatic carbocycles. The van der Waals surface area contributed by atoms with Crippen molar-refractivity contribution in [2.75, 3.05) is 13.7 Å². The number of nitrogens with zero attached hydrogens (tertiary/aromatic N) is 3. The van der Waals surface area contributed by atoms with Gasteiger partial charge in [-0.3, -0.25) is 9.59 Å². The number of hydrogen-bond acceptors (Lipinski definition) is 4. The van der Waals surface area contributed by atoms with E-state index in [1.165, 1.54) is 0 Å². The van der Waals surface area contributed by atoms with E-state index in [9.17, 15) is 9.59 Å². The van der Waals surface area contributed by atoms with Gasteiger partial charge in [-0.25, -0.2) is 0 Å². The Kier molecular flexibility index (Phi) is 5.41. The van der Waals surface area contributed by atoms with Crippen LogP contribution in [0.4, 0.5) is 0 Å². The fourth-order valence-corrected chi connectivity index (χ4v) is 3.14. The molecule has 2 amide bonds. The van der Waals surface area contributed by atoms with E-state index in [4.69, 9.17) is 10.00 Å². The SMILES string of the molecule is COc1ccc(CN2CC(=O)N(Cc3ccc(C#N)cc3)[C@@H](C)C2=O)cc1. The molecule has 0 radical (unpaired) electrons. The summed E-state index contributed by atoms with van der Waals surface area (Å²) in [6.07, 6.45) is 0.